The molecule has 1 amide bonds. The number of anilines is 2. The van der Waals surface area contributed by atoms with E-state index in [0.29, 0.717) is 39.3 Å². The Morgan fingerprint density at radius 1 is 0.968 bits per heavy atom. The molecule has 0 fully saturated rings. The van der Waals surface area contributed by atoms with Crippen molar-refractivity contribution < 1.29 is 17.9 Å². The Kier molecular flexibility index (Phi) is 4.37. The van der Waals surface area contributed by atoms with Crippen molar-refractivity contribution in [2.24, 2.45) is 0 Å². The van der Waals surface area contributed by atoms with Crippen molar-refractivity contribution in [2.75, 3.05) is 10.0 Å². The van der Waals surface area contributed by atoms with Crippen LogP contribution < -0.4 is 14.8 Å². The minimum atomic E-state index is -3.88. The van der Waals surface area contributed by atoms with Crippen LogP contribution in [-0.4, -0.2) is 19.3 Å². The fourth-order valence-corrected chi connectivity index (χ4v) is 4.80. The molecule has 7 nitrogen and oxygen atoms in total. The first kappa shape index (κ1) is 19.1. The van der Waals surface area contributed by atoms with Gasteiger partial charge in [-0.25, -0.2) is 13.4 Å². The summed E-state index contributed by atoms with van der Waals surface area (Å²) in [6, 6.07) is 18.4. The standard InChI is InChI=1S/C23H17N3O4S/c1-14-5-12-21(24-13-14)30-16-8-6-15(7-9-16)26-31(28,29)20-11-10-19-22-17(20)3-2-4-18(22)23(27)25-19/h2-13,26H,1H3,(H,25,27). The molecule has 0 spiro atoms. The average Bonchev–Trinajstić information content (AvgIpc) is 3.08. The lowest BCUT2D eigenvalue weighted by Crippen LogP contribution is -2.13. The summed E-state index contributed by atoms with van der Waals surface area (Å²) in [4.78, 5) is 16.4. The highest BCUT2D eigenvalue weighted by Crippen LogP contribution is 2.37. The van der Waals surface area contributed by atoms with E-state index in [4.69, 9.17) is 4.74 Å². The number of amides is 1. The molecule has 0 atom stereocenters. The van der Waals surface area contributed by atoms with Crippen molar-refractivity contribution in [3.05, 3.63) is 84.1 Å². The summed E-state index contributed by atoms with van der Waals surface area (Å²) in [7, 11) is -3.88. The van der Waals surface area contributed by atoms with Gasteiger partial charge in [0.25, 0.3) is 15.9 Å². The minimum absolute atomic E-state index is 0.105. The highest BCUT2D eigenvalue weighted by molar-refractivity contribution is 7.93. The Hall–Kier alpha value is -3.91. The summed E-state index contributed by atoms with van der Waals surface area (Å²) >= 11 is 0. The Labute approximate surface area is 178 Å². The minimum Gasteiger partial charge on any atom is -0.439 e. The van der Waals surface area contributed by atoms with Crippen LogP contribution in [-0.2, 0) is 10.0 Å². The van der Waals surface area contributed by atoms with Gasteiger partial charge in [-0.05, 0) is 55.0 Å². The maximum atomic E-state index is 13.1. The number of aryl methyl sites for hydroxylation is 1. The van der Waals surface area contributed by atoms with E-state index in [1.54, 1.807) is 60.8 Å². The van der Waals surface area contributed by atoms with Gasteiger partial charge < -0.3 is 10.1 Å². The molecule has 5 rings (SSSR count). The average molecular weight is 431 g/mol. The molecule has 2 heterocycles. The van der Waals surface area contributed by atoms with Gasteiger partial charge in [0.05, 0.1) is 4.90 Å². The molecule has 1 aliphatic heterocycles. The lowest BCUT2D eigenvalue weighted by atomic mass is 10.1. The largest absolute Gasteiger partial charge is 0.439 e. The quantitative estimate of drug-likeness (QED) is 0.477. The van der Waals surface area contributed by atoms with Gasteiger partial charge in [0, 0.05) is 40.0 Å². The van der Waals surface area contributed by atoms with E-state index >= 15 is 0 Å². The number of pyridine rings is 1. The molecular formula is C23H17N3O4S. The predicted octanol–water partition coefficient (Wildman–Crippen LogP) is 4.70. The monoisotopic (exact) mass is 431 g/mol. The van der Waals surface area contributed by atoms with E-state index in [2.05, 4.69) is 15.0 Å². The number of carbonyl (C=O) groups is 1. The molecule has 0 unspecified atom stereocenters. The van der Waals surface area contributed by atoms with Crippen LogP contribution in [0.1, 0.15) is 15.9 Å². The van der Waals surface area contributed by atoms with Crippen molar-refractivity contribution in [3.63, 3.8) is 0 Å². The first-order chi connectivity index (χ1) is 14.9. The Morgan fingerprint density at radius 2 is 1.77 bits per heavy atom. The summed E-state index contributed by atoms with van der Waals surface area (Å²) in [6.45, 7) is 1.94. The van der Waals surface area contributed by atoms with Gasteiger partial charge in [-0.15, -0.1) is 0 Å². The third kappa shape index (κ3) is 3.47. The summed E-state index contributed by atoms with van der Waals surface area (Å²) in [5.41, 5.74) is 2.50. The van der Waals surface area contributed by atoms with E-state index in [9.17, 15) is 13.2 Å². The lowest BCUT2D eigenvalue weighted by Gasteiger charge is -2.12. The number of nitrogens with one attached hydrogen (secondary N) is 2. The van der Waals surface area contributed by atoms with Crippen molar-refractivity contribution in [2.45, 2.75) is 11.8 Å². The van der Waals surface area contributed by atoms with E-state index in [0.717, 1.165) is 5.56 Å². The second-order valence-electron chi connectivity index (χ2n) is 7.20. The molecule has 4 aromatic rings. The second-order valence-corrected chi connectivity index (χ2v) is 8.85. The fraction of sp³-hybridized carbons (Fsp3) is 0.0435. The fourth-order valence-electron chi connectivity index (χ4n) is 3.53. The lowest BCUT2D eigenvalue weighted by molar-refractivity contribution is 0.103. The third-order valence-corrected chi connectivity index (χ3v) is 6.44. The molecule has 0 aliphatic carbocycles. The number of nitrogens with zero attached hydrogens (tertiary/aromatic N) is 1. The molecule has 0 saturated carbocycles. The number of hydrogen-bond acceptors (Lipinski definition) is 5. The Morgan fingerprint density at radius 3 is 2.52 bits per heavy atom. The molecule has 1 aliphatic rings. The number of sulfonamides is 1. The molecule has 2 N–H and O–H groups in total. The highest BCUT2D eigenvalue weighted by atomic mass is 32.2. The number of ether oxygens (including phenoxy) is 1. The molecule has 8 heteroatoms. The van der Waals surface area contributed by atoms with Gasteiger partial charge >= 0.3 is 0 Å². The maximum absolute atomic E-state index is 13.1. The molecule has 31 heavy (non-hydrogen) atoms. The summed E-state index contributed by atoms with van der Waals surface area (Å²) < 4.78 is 34.4. The zero-order valence-electron chi connectivity index (χ0n) is 16.4. The van der Waals surface area contributed by atoms with Gasteiger partial charge in [-0.3, -0.25) is 9.52 Å². The van der Waals surface area contributed by atoms with E-state index in [1.165, 1.54) is 6.07 Å². The normalized spacial score (nSPS) is 12.6. The number of aromatic nitrogens is 1. The van der Waals surface area contributed by atoms with Crippen molar-refractivity contribution in [3.8, 4) is 11.6 Å². The first-order valence-corrected chi connectivity index (χ1v) is 11.0. The molecule has 0 radical (unpaired) electrons. The SMILES string of the molecule is Cc1ccc(Oc2ccc(NS(=O)(=O)c3ccc4c5c(cccc35)C(=O)N4)cc2)nc1. The smallest absolute Gasteiger partial charge is 0.262 e. The number of rotatable bonds is 5. The number of hydrogen-bond donors (Lipinski definition) is 2. The molecule has 1 aromatic heterocycles. The van der Waals surface area contributed by atoms with Crippen LogP contribution in [0.3, 0.4) is 0 Å². The van der Waals surface area contributed by atoms with E-state index in [1.807, 2.05) is 13.0 Å². The van der Waals surface area contributed by atoms with Gasteiger partial charge in [0.15, 0.2) is 0 Å². The zero-order chi connectivity index (χ0) is 21.6. The van der Waals surface area contributed by atoms with Crippen molar-refractivity contribution in [1.82, 2.24) is 4.98 Å². The highest BCUT2D eigenvalue weighted by Gasteiger charge is 2.26. The molecule has 0 bridgehead atoms. The van der Waals surface area contributed by atoms with Gasteiger partial charge in [-0.2, -0.15) is 0 Å². The van der Waals surface area contributed by atoms with Crippen LogP contribution in [0.25, 0.3) is 10.8 Å². The molecular weight excluding hydrogens is 414 g/mol. The van der Waals surface area contributed by atoms with Gasteiger partial charge in [0.1, 0.15) is 5.75 Å². The van der Waals surface area contributed by atoms with Crippen LogP contribution in [0.4, 0.5) is 11.4 Å². The predicted molar refractivity (Wildman–Crippen MR) is 118 cm³/mol. The van der Waals surface area contributed by atoms with Crippen LogP contribution in [0, 0.1) is 6.92 Å². The number of benzene rings is 3. The zero-order valence-corrected chi connectivity index (χ0v) is 17.2. The molecule has 3 aromatic carbocycles. The maximum Gasteiger partial charge on any atom is 0.262 e. The second kappa shape index (κ2) is 7.10. The van der Waals surface area contributed by atoms with Gasteiger partial charge in [0.2, 0.25) is 5.88 Å². The van der Waals surface area contributed by atoms with Crippen LogP contribution in [0.15, 0.2) is 77.8 Å². The Balaban J connectivity index is 1.42. The van der Waals surface area contributed by atoms with E-state index in [-0.39, 0.29) is 10.8 Å². The summed E-state index contributed by atoms with van der Waals surface area (Å²) in [5, 5.41) is 3.86. The molecule has 154 valence electrons. The van der Waals surface area contributed by atoms with E-state index < -0.39 is 10.0 Å². The first-order valence-electron chi connectivity index (χ1n) is 9.51. The Bertz CT molecular complexity index is 1430. The van der Waals surface area contributed by atoms with Crippen molar-refractivity contribution >= 4 is 38.1 Å². The van der Waals surface area contributed by atoms with Crippen LogP contribution >= 0.6 is 0 Å². The molecule has 0 saturated heterocycles. The topological polar surface area (TPSA) is 97.4 Å². The third-order valence-electron chi connectivity index (χ3n) is 5.00. The van der Waals surface area contributed by atoms with Crippen LogP contribution in [0.5, 0.6) is 11.6 Å². The number of carbonyl (C=O) groups excluding carboxylic acids is 1. The summed E-state index contributed by atoms with van der Waals surface area (Å²) in [6.07, 6.45) is 1.71. The van der Waals surface area contributed by atoms with Crippen molar-refractivity contribution in [1.29, 1.82) is 0 Å². The van der Waals surface area contributed by atoms with Crippen LogP contribution in [0.2, 0.25) is 0 Å². The van der Waals surface area contributed by atoms with Gasteiger partial charge in [-0.1, -0.05) is 18.2 Å². The summed E-state index contributed by atoms with van der Waals surface area (Å²) in [5.74, 6) is 0.756.